The van der Waals surface area contributed by atoms with E-state index in [4.69, 9.17) is 14.9 Å². The Hall–Kier alpha value is -0.160. The number of ether oxygens (including phenoxy) is 1. The molecule has 0 radical (unpaired) electrons. The fourth-order valence-corrected chi connectivity index (χ4v) is 2.17. The van der Waals surface area contributed by atoms with E-state index in [2.05, 4.69) is 0 Å². The predicted octanol–water partition coefficient (Wildman–Crippen LogP) is -0.238. The van der Waals surface area contributed by atoms with Gasteiger partial charge < -0.3 is 20.1 Å². The predicted molar refractivity (Wildman–Crippen MR) is 51.8 cm³/mol. The molecule has 0 bridgehead atoms. The highest BCUT2D eigenvalue weighted by Gasteiger charge is 2.41. The Morgan fingerprint density at radius 2 is 1.71 bits per heavy atom. The highest BCUT2D eigenvalue weighted by atomic mass is 16.5. The Labute approximate surface area is 84.5 Å². The molecule has 5 atom stereocenters. The van der Waals surface area contributed by atoms with Crippen molar-refractivity contribution < 1.29 is 20.1 Å². The van der Waals surface area contributed by atoms with Gasteiger partial charge in [-0.3, -0.25) is 0 Å². The average molecular weight is 204 g/mol. The summed E-state index contributed by atoms with van der Waals surface area (Å²) in [5, 5.41) is 28.1. The zero-order valence-electron chi connectivity index (χ0n) is 8.76. The fraction of sp³-hybridized carbons (Fsp3) is 1.00. The van der Waals surface area contributed by atoms with E-state index in [0.29, 0.717) is 0 Å². The molecule has 4 nitrogen and oxygen atoms in total. The highest BCUT2D eigenvalue weighted by molar-refractivity contribution is 4.88. The summed E-state index contributed by atoms with van der Waals surface area (Å²) >= 11 is 0. The second kappa shape index (κ2) is 5.07. The first-order chi connectivity index (χ1) is 6.65. The van der Waals surface area contributed by atoms with Gasteiger partial charge in [0.2, 0.25) is 0 Å². The molecule has 1 heterocycles. The molecule has 4 heteroatoms. The van der Waals surface area contributed by atoms with Gasteiger partial charge in [-0.15, -0.1) is 0 Å². The van der Waals surface area contributed by atoms with Crippen LogP contribution in [0.2, 0.25) is 0 Å². The number of aliphatic hydroxyl groups is 3. The van der Waals surface area contributed by atoms with Gasteiger partial charge in [0.15, 0.2) is 0 Å². The van der Waals surface area contributed by atoms with Crippen LogP contribution in [0.15, 0.2) is 0 Å². The van der Waals surface area contributed by atoms with Crippen molar-refractivity contribution in [3.63, 3.8) is 0 Å². The van der Waals surface area contributed by atoms with E-state index in [9.17, 15) is 5.11 Å². The van der Waals surface area contributed by atoms with E-state index < -0.39 is 6.10 Å². The third-order valence-corrected chi connectivity index (χ3v) is 3.22. The van der Waals surface area contributed by atoms with Crippen LogP contribution in [0.3, 0.4) is 0 Å². The van der Waals surface area contributed by atoms with Crippen LogP contribution in [0.1, 0.15) is 20.3 Å². The molecule has 1 aliphatic rings. The molecule has 0 amide bonds. The molecule has 1 fully saturated rings. The van der Waals surface area contributed by atoms with Crippen LogP contribution in [0.25, 0.3) is 0 Å². The molecule has 0 aromatic carbocycles. The van der Waals surface area contributed by atoms with Gasteiger partial charge in [-0.1, -0.05) is 13.8 Å². The van der Waals surface area contributed by atoms with E-state index in [1.807, 2.05) is 13.8 Å². The standard InChI is InChI=1S/C10H20O4/c1-3-7-9(5-12)14-8(4-11)6(2)10(7)13/h6-13H,3-5H2,1-2H3. The molecular formula is C10H20O4. The van der Waals surface area contributed by atoms with E-state index in [-0.39, 0.29) is 37.3 Å². The minimum atomic E-state index is -0.497. The molecule has 3 N–H and O–H groups in total. The van der Waals surface area contributed by atoms with Crippen LogP contribution in [-0.2, 0) is 4.74 Å². The summed E-state index contributed by atoms with van der Waals surface area (Å²) in [6.07, 6.45) is -0.425. The zero-order valence-corrected chi connectivity index (χ0v) is 8.76. The summed E-state index contributed by atoms with van der Waals surface area (Å²) in [5.41, 5.74) is 0. The molecule has 1 saturated heterocycles. The summed E-state index contributed by atoms with van der Waals surface area (Å²) in [5.74, 6) is -0.106. The Bertz CT molecular complexity index is 172. The summed E-state index contributed by atoms with van der Waals surface area (Å²) < 4.78 is 5.51. The average Bonchev–Trinajstić information content (AvgIpc) is 2.21. The first-order valence-corrected chi connectivity index (χ1v) is 5.20. The first kappa shape index (κ1) is 11.9. The number of aliphatic hydroxyl groups excluding tert-OH is 3. The normalized spacial score (nSPS) is 43.9. The summed E-state index contributed by atoms with van der Waals surface area (Å²) in [7, 11) is 0. The van der Waals surface area contributed by atoms with Gasteiger partial charge in [-0.2, -0.15) is 0 Å². The van der Waals surface area contributed by atoms with Crippen molar-refractivity contribution in [3.05, 3.63) is 0 Å². The maximum absolute atomic E-state index is 9.94. The molecule has 1 rings (SSSR count). The smallest absolute Gasteiger partial charge is 0.0863 e. The molecule has 0 aromatic heterocycles. The van der Waals surface area contributed by atoms with Crippen LogP contribution < -0.4 is 0 Å². The molecule has 5 unspecified atom stereocenters. The Morgan fingerprint density at radius 3 is 2.14 bits per heavy atom. The van der Waals surface area contributed by atoms with E-state index in [0.717, 1.165) is 6.42 Å². The fourth-order valence-electron chi connectivity index (χ4n) is 2.17. The molecule has 0 aliphatic carbocycles. The lowest BCUT2D eigenvalue weighted by atomic mass is 9.80. The Morgan fingerprint density at radius 1 is 1.14 bits per heavy atom. The molecule has 0 saturated carbocycles. The van der Waals surface area contributed by atoms with Crippen molar-refractivity contribution in [1.29, 1.82) is 0 Å². The second-order valence-corrected chi connectivity index (χ2v) is 4.00. The monoisotopic (exact) mass is 204 g/mol. The largest absolute Gasteiger partial charge is 0.394 e. The van der Waals surface area contributed by atoms with Crippen molar-refractivity contribution in [2.24, 2.45) is 11.8 Å². The Kier molecular flexibility index (Phi) is 4.31. The maximum Gasteiger partial charge on any atom is 0.0863 e. The first-order valence-electron chi connectivity index (χ1n) is 5.20. The van der Waals surface area contributed by atoms with Gasteiger partial charge in [0, 0.05) is 11.8 Å². The van der Waals surface area contributed by atoms with Crippen LogP contribution in [0, 0.1) is 11.8 Å². The number of hydrogen-bond donors (Lipinski definition) is 3. The lowest BCUT2D eigenvalue weighted by molar-refractivity contribution is -0.189. The van der Waals surface area contributed by atoms with E-state index >= 15 is 0 Å². The van der Waals surface area contributed by atoms with Crippen molar-refractivity contribution in [1.82, 2.24) is 0 Å². The van der Waals surface area contributed by atoms with E-state index in [1.165, 1.54) is 0 Å². The van der Waals surface area contributed by atoms with Gasteiger partial charge in [0.1, 0.15) is 0 Å². The summed E-state index contributed by atoms with van der Waals surface area (Å²) in [6.45, 7) is 3.62. The topological polar surface area (TPSA) is 69.9 Å². The Balaban J connectivity index is 2.71. The van der Waals surface area contributed by atoms with Crippen molar-refractivity contribution in [3.8, 4) is 0 Å². The van der Waals surface area contributed by atoms with Gasteiger partial charge in [-0.25, -0.2) is 0 Å². The van der Waals surface area contributed by atoms with Gasteiger partial charge in [0.25, 0.3) is 0 Å². The number of hydrogen-bond acceptors (Lipinski definition) is 4. The van der Waals surface area contributed by atoms with Crippen molar-refractivity contribution in [2.75, 3.05) is 13.2 Å². The van der Waals surface area contributed by atoms with Gasteiger partial charge in [0.05, 0.1) is 31.5 Å². The van der Waals surface area contributed by atoms with Crippen molar-refractivity contribution >= 4 is 0 Å². The van der Waals surface area contributed by atoms with Crippen LogP contribution >= 0.6 is 0 Å². The lowest BCUT2D eigenvalue weighted by Gasteiger charge is -2.42. The van der Waals surface area contributed by atoms with Crippen LogP contribution in [0.4, 0.5) is 0 Å². The molecular weight excluding hydrogens is 184 g/mol. The molecule has 0 aromatic rings. The van der Waals surface area contributed by atoms with Crippen LogP contribution in [0.5, 0.6) is 0 Å². The second-order valence-electron chi connectivity index (χ2n) is 4.00. The molecule has 14 heavy (non-hydrogen) atoms. The molecule has 0 spiro atoms. The summed E-state index contributed by atoms with van der Waals surface area (Å²) in [4.78, 5) is 0. The van der Waals surface area contributed by atoms with Gasteiger partial charge >= 0.3 is 0 Å². The minimum Gasteiger partial charge on any atom is -0.394 e. The van der Waals surface area contributed by atoms with Gasteiger partial charge in [-0.05, 0) is 6.42 Å². The van der Waals surface area contributed by atoms with Crippen molar-refractivity contribution in [2.45, 2.75) is 38.6 Å². The van der Waals surface area contributed by atoms with E-state index in [1.54, 1.807) is 0 Å². The molecule has 84 valence electrons. The maximum atomic E-state index is 9.94. The third-order valence-electron chi connectivity index (χ3n) is 3.22. The SMILES string of the molecule is CCC1C(CO)OC(CO)C(C)C1O. The third kappa shape index (κ3) is 2.08. The zero-order chi connectivity index (χ0) is 10.7. The summed E-state index contributed by atoms with van der Waals surface area (Å²) in [6, 6.07) is 0. The quantitative estimate of drug-likeness (QED) is 0.593. The molecule has 1 aliphatic heterocycles. The highest BCUT2D eigenvalue weighted by Crippen LogP contribution is 2.31. The minimum absolute atomic E-state index is 0.0298. The lowest BCUT2D eigenvalue weighted by Crippen LogP contribution is -2.52. The number of rotatable bonds is 3. The van der Waals surface area contributed by atoms with Crippen LogP contribution in [-0.4, -0.2) is 46.8 Å².